The molecule has 3 aromatic rings. The Morgan fingerprint density at radius 1 is 1.11 bits per heavy atom. The van der Waals surface area contributed by atoms with Gasteiger partial charge >= 0.3 is 5.97 Å². The van der Waals surface area contributed by atoms with Gasteiger partial charge in [0.15, 0.2) is 6.23 Å². The zero-order valence-electron chi connectivity index (χ0n) is 21.2. The van der Waals surface area contributed by atoms with Crippen molar-refractivity contribution in [2.24, 2.45) is 5.73 Å². The lowest BCUT2D eigenvalue weighted by Crippen LogP contribution is -2.46. The van der Waals surface area contributed by atoms with Crippen LogP contribution in [0.2, 0.25) is 0 Å². The maximum Gasteiger partial charge on any atom is 0.338 e. The van der Waals surface area contributed by atoms with Crippen LogP contribution in [0, 0.1) is 0 Å². The van der Waals surface area contributed by atoms with Crippen molar-refractivity contribution in [1.29, 1.82) is 0 Å². The summed E-state index contributed by atoms with van der Waals surface area (Å²) in [5, 5.41) is 25.6. The number of nitrogens with two attached hydrogens (primary N) is 1. The van der Waals surface area contributed by atoms with Crippen LogP contribution < -0.4 is 20.9 Å². The van der Waals surface area contributed by atoms with Crippen molar-refractivity contribution < 1.29 is 19.8 Å². The highest BCUT2D eigenvalue weighted by Gasteiger charge is 2.32. The highest BCUT2D eigenvalue weighted by atomic mass is 16.4. The molecule has 6 N–H and O–H groups in total. The fourth-order valence-electron chi connectivity index (χ4n) is 5.06. The molecule has 2 aliphatic heterocycles. The number of anilines is 2. The first-order valence-electron chi connectivity index (χ1n) is 12.6. The van der Waals surface area contributed by atoms with Gasteiger partial charge in [-0.15, -0.1) is 0 Å². The number of rotatable bonds is 8. The molecule has 0 spiro atoms. The molecule has 0 bridgehead atoms. The summed E-state index contributed by atoms with van der Waals surface area (Å²) in [5.74, 6) is -1.76. The third-order valence-electron chi connectivity index (χ3n) is 7.21. The van der Waals surface area contributed by atoms with E-state index in [-0.39, 0.29) is 5.57 Å². The maximum absolute atomic E-state index is 12.3. The average molecular weight is 517 g/mol. The number of hydrogen-bond donors (Lipinski definition) is 5. The number of piperazine rings is 1. The highest BCUT2D eigenvalue weighted by molar-refractivity contribution is 5.96. The molecule has 0 saturated carbocycles. The molecule has 1 amide bonds. The predicted molar refractivity (Wildman–Crippen MR) is 147 cm³/mol. The maximum atomic E-state index is 12.3. The number of H-pyrrole nitrogens is 1. The van der Waals surface area contributed by atoms with Crippen LogP contribution in [0.1, 0.15) is 15.9 Å². The number of aliphatic hydroxyl groups excluding tert-OH is 1. The van der Waals surface area contributed by atoms with E-state index >= 15 is 0 Å². The molecule has 198 valence electrons. The van der Waals surface area contributed by atoms with Gasteiger partial charge in [-0.3, -0.25) is 4.79 Å². The number of likely N-dealkylation sites (N-methyl/N-ethyl adjacent to an activating group) is 1. The Bertz CT molecular complexity index is 1420. The van der Waals surface area contributed by atoms with Crippen molar-refractivity contribution in [3.8, 4) is 0 Å². The van der Waals surface area contributed by atoms with Gasteiger partial charge < -0.3 is 40.9 Å². The summed E-state index contributed by atoms with van der Waals surface area (Å²) in [4.78, 5) is 33.3. The van der Waals surface area contributed by atoms with Gasteiger partial charge in [-0.2, -0.15) is 0 Å². The molecule has 1 saturated heterocycles. The van der Waals surface area contributed by atoms with E-state index in [4.69, 9.17) is 5.73 Å². The Kier molecular flexibility index (Phi) is 7.08. The fraction of sp³-hybridized carbons (Fsp3) is 0.286. The zero-order chi connectivity index (χ0) is 26.8. The Balaban J connectivity index is 1.39. The van der Waals surface area contributed by atoms with E-state index in [0.717, 1.165) is 48.3 Å². The van der Waals surface area contributed by atoms with E-state index < -0.39 is 18.1 Å². The number of aliphatic hydroxyl groups is 1. The Hall–Kier alpha value is -4.28. The van der Waals surface area contributed by atoms with Crippen molar-refractivity contribution in [3.05, 3.63) is 83.3 Å². The second-order valence-electron chi connectivity index (χ2n) is 9.62. The molecule has 1 aromatic heterocycles. The smallest absolute Gasteiger partial charge is 0.338 e. The minimum atomic E-state index is -1.43. The van der Waals surface area contributed by atoms with E-state index in [9.17, 15) is 19.8 Å². The summed E-state index contributed by atoms with van der Waals surface area (Å²) in [5.41, 5.74) is 9.60. The van der Waals surface area contributed by atoms with E-state index in [1.54, 1.807) is 30.5 Å². The monoisotopic (exact) mass is 516 g/mol. The number of fused-ring (bicyclic) bond motifs is 1. The molecule has 5 rings (SSSR count). The van der Waals surface area contributed by atoms with Gasteiger partial charge in [0, 0.05) is 61.6 Å². The largest absolute Gasteiger partial charge is 0.478 e. The lowest BCUT2D eigenvalue weighted by Gasteiger charge is -2.38. The van der Waals surface area contributed by atoms with E-state index in [1.807, 2.05) is 37.5 Å². The second kappa shape index (κ2) is 10.6. The standard InChI is InChI=1S/C28H32N6O4/c1-32-12-14-33(15-13-32)24-16-18(26(29)35)6-7-23(24)34-11-9-22(25(27(34)36)28(37)38)30-10-8-19-17-31-21-5-3-2-4-20(19)21/h2-7,9,11,16-17,27,30-31,36H,8,10,12-15H2,1H3,(H2,29,35)(H,37,38). The molecule has 3 heterocycles. The Labute approximate surface area is 220 Å². The molecule has 1 atom stereocenters. The lowest BCUT2D eigenvalue weighted by atomic mass is 10.0. The number of allylic oxidation sites excluding steroid dienone is 1. The molecule has 10 nitrogen and oxygen atoms in total. The summed E-state index contributed by atoms with van der Waals surface area (Å²) in [6, 6.07) is 13.0. The predicted octanol–water partition coefficient (Wildman–Crippen LogP) is 1.84. The van der Waals surface area contributed by atoms with Crippen molar-refractivity contribution >= 4 is 34.2 Å². The molecule has 1 unspecified atom stereocenters. The molecule has 0 radical (unpaired) electrons. The van der Waals surface area contributed by atoms with Crippen LogP contribution in [0.3, 0.4) is 0 Å². The number of carbonyl (C=O) groups excluding carboxylic acids is 1. The quantitative estimate of drug-likeness (QED) is 0.306. The van der Waals surface area contributed by atoms with Gasteiger partial charge in [0.1, 0.15) is 5.57 Å². The number of nitrogens with one attached hydrogen (secondary N) is 2. The van der Waals surface area contributed by atoms with Gasteiger partial charge in [-0.25, -0.2) is 4.79 Å². The number of aromatic amines is 1. The molecule has 10 heteroatoms. The minimum Gasteiger partial charge on any atom is -0.478 e. The summed E-state index contributed by atoms with van der Waals surface area (Å²) in [6.07, 6.45) is 4.54. The number of hydrogen-bond acceptors (Lipinski definition) is 7. The van der Waals surface area contributed by atoms with Gasteiger partial charge in [0.25, 0.3) is 0 Å². The molecule has 0 aliphatic carbocycles. The molecule has 2 aliphatic rings. The van der Waals surface area contributed by atoms with Crippen molar-refractivity contribution in [1.82, 2.24) is 15.2 Å². The number of carboxylic acids is 1. The number of nitrogens with zero attached hydrogens (tertiary/aromatic N) is 3. The number of benzene rings is 2. The number of aliphatic carboxylic acids is 1. The van der Waals surface area contributed by atoms with Crippen LogP contribution in [0.25, 0.3) is 10.9 Å². The number of amides is 1. The van der Waals surface area contributed by atoms with Crippen molar-refractivity contribution in [2.45, 2.75) is 12.6 Å². The molecule has 1 fully saturated rings. The van der Waals surface area contributed by atoms with Crippen molar-refractivity contribution in [3.63, 3.8) is 0 Å². The second-order valence-corrected chi connectivity index (χ2v) is 9.62. The number of aromatic nitrogens is 1. The number of para-hydroxylation sites is 1. The number of carbonyl (C=O) groups is 2. The van der Waals surface area contributed by atoms with Gasteiger partial charge in [0.2, 0.25) is 5.91 Å². The van der Waals surface area contributed by atoms with Crippen LogP contribution >= 0.6 is 0 Å². The summed E-state index contributed by atoms with van der Waals surface area (Å²) in [7, 11) is 2.05. The molecular weight excluding hydrogens is 484 g/mol. The minimum absolute atomic E-state index is 0.144. The molecule has 2 aromatic carbocycles. The van der Waals surface area contributed by atoms with Crippen LogP contribution in [0.5, 0.6) is 0 Å². The summed E-state index contributed by atoms with van der Waals surface area (Å²) >= 11 is 0. The Morgan fingerprint density at radius 2 is 1.87 bits per heavy atom. The highest BCUT2D eigenvalue weighted by Crippen LogP contribution is 2.35. The SMILES string of the molecule is CN1CCN(c2cc(C(N)=O)ccc2N2C=CC(NCCc3c[nH]c4ccccc34)=C(C(=O)O)C2O)CC1. The fourth-order valence-corrected chi connectivity index (χ4v) is 5.06. The Morgan fingerprint density at radius 3 is 2.61 bits per heavy atom. The van der Waals surface area contributed by atoms with E-state index in [1.165, 1.54) is 4.90 Å². The number of carboxylic acid groups (broad SMARTS) is 1. The lowest BCUT2D eigenvalue weighted by molar-refractivity contribution is -0.133. The van der Waals surface area contributed by atoms with Gasteiger partial charge in [-0.1, -0.05) is 18.2 Å². The van der Waals surface area contributed by atoms with Crippen LogP contribution in [0.4, 0.5) is 11.4 Å². The van der Waals surface area contributed by atoms with Gasteiger partial charge in [-0.05, 0) is 49.4 Å². The van der Waals surface area contributed by atoms with E-state index in [0.29, 0.717) is 29.9 Å². The first-order valence-corrected chi connectivity index (χ1v) is 12.6. The van der Waals surface area contributed by atoms with Crippen LogP contribution in [-0.4, -0.2) is 78.0 Å². The normalized spacial score (nSPS) is 18.3. The molecule has 38 heavy (non-hydrogen) atoms. The van der Waals surface area contributed by atoms with Gasteiger partial charge in [0.05, 0.1) is 17.1 Å². The zero-order valence-corrected chi connectivity index (χ0v) is 21.2. The topological polar surface area (TPSA) is 138 Å². The van der Waals surface area contributed by atoms with E-state index in [2.05, 4.69) is 20.1 Å². The first-order chi connectivity index (χ1) is 18.3. The van der Waals surface area contributed by atoms with Crippen LogP contribution in [0.15, 0.2) is 72.2 Å². The summed E-state index contributed by atoms with van der Waals surface area (Å²) in [6.45, 7) is 3.61. The van der Waals surface area contributed by atoms with Crippen LogP contribution in [-0.2, 0) is 11.2 Å². The average Bonchev–Trinajstić information content (AvgIpc) is 3.32. The number of primary amides is 1. The third-order valence-corrected chi connectivity index (χ3v) is 7.21. The van der Waals surface area contributed by atoms with Crippen molar-refractivity contribution in [2.75, 3.05) is 49.6 Å². The molecular formula is C28H32N6O4. The summed E-state index contributed by atoms with van der Waals surface area (Å²) < 4.78 is 0. The first kappa shape index (κ1) is 25.4. The third kappa shape index (κ3) is 4.96.